The Morgan fingerprint density at radius 2 is 2.00 bits per heavy atom. The summed E-state index contributed by atoms with van der Waals surface area (Å²) in [6.45, 7) is 0.476. The molecule has 0 spiro atoms. The van der Waals surface area contributed by atoms with Gasteiger partial charge in [-0.2, -0.15) is 4.68 Å². The van der Waals surface area contributed by atoms with E-state index >= 15 is 0 Å². The van der Waals surface area contributed by atoms with E-state index in [0.717, 1.165) is 11.1 Å². The molecule has 138 valence electrons. The lowest BCUT2D eigenvalue weighted by molar-refractivity contribution is -0.389. The minimum Gasteiger partial charge on any atom is -0.473 e. The van der Waals surface area contributed by atoms with Crippen LogP contribution >= 0.6 is 0 Å². The summed E-state index contributed by atoms with van der Waals surface area (Å²) in [6.07, 6.45) is 3.00. The number of amides is 1. The van der Waals surface area contributed by atoms with Gasteiger partial charge in [0, 0.05) is 18.3 Å². The molecular formula is C18H17N5O4. The first-order valence-electron chi connectivity index (χ1n) is 8.17. The van der Waals surface area contributed by atoms with Crippen LogP contribution in [0, 0.1) is 10.1 Å². The Morgan fingerprint density at radius 3 is 2.74 bits per heavy atom. The number of carbonyl (C=O) groups is 1. The number of nitrogens with one attached hydrogen (secondary N) is 1. The molecule has 0 unspecified atom stereocenters. The van der Waals surface area contributed by atoms with Gasteiger partial charge in [-0.25, -0.2) is 4.98 Å². The number of hydrogen-bond acceptors (Lipinski definition) is 6. The average Bonchev–Trinajstić information content (AvgIpc) is 3.15. The van der Waals surface area contributed by atoms with Crippen molar-refractivity contribution in [2.75, 3.05) is 0 Å². The van der Waals surface area contributed by atoms with Crippen molar-refractivity contribution in [2.45, 2.75) is 19.7 Å². The smallest absolute Gasteiger partial charge is 0.389 e. The maximum Gasteiger partial charge on any atom is 0.389 e. The van der Waals surface area contributed by atoms with E-state index in [2.05, 4.69) is 15.4 Å². The van der Waals surface area contributed by atoms with Crippen molar-refractivity contribution >= 4 is 11.7 Å². The Labute approximate surface area is 154 Å². The summed E-state index contributed by atoms with van der Waals surface area (Å²) >= 11 is 0. The molecule has 9 nitrogen and oxygen atoms in total. The molecule has 0 aliphatic carbocycles. The van der Waals surface area contributed by atoms with Crippen molar-refractivity contribution in [3.63, 3.8) is 0 Å². The molecule has 3 aromatic rings. The number of nitrogens with zero attached hydrogens (tertiary/aromatic N) is 4. The zero-order valence-corrected chi connectivity index (χ0v) is 14.3. The molecule has 0 aliphatic rings. The van der Waals surface area contributed by atoms with Gasteiger partial charge in [0.1, 0.15) is 13.2 Å². The van der Waals surface area contributed by atoms with Gasteiger partial charge in [-0.1, -0.05) is 36.4 Å². The third kappa shape index (κ3) is 5.11. The number of pyridine rings is 1. The number of aromatic nitrogens is 3. The van der Waals surface area contributed by atoms with Crippen LogP contribution in [-0.2, 0) is 24.5 Å². The fraction of sp³-hybridized carbons (Fsp3) is 0.167. The summed E-state index contributed by atoms with van der Waals surface area (Å²) in [7, 11) is 0. The van der Waals surface area contributed by atoms with Crippen molar-refractivity contribution in [3.8, 4) is 5.88 Å². The second kappa shape index (κ2) is 8.56. The van der Waals surface area contributed by atoms with E-state index in [1.807, 2.05) is 36.4 Å². The Morgan fingerprint density at radius 1 is 1.19 bits per heavy atom. The number of nitro groups is 1. The Hall–Kier alpha value is -3.75. The minimum absolute atomic E-state index is 0.117. The lowest BCUT2D eigenvalue weighted by Crippen LogP contribution is -2.27. The summed E-state index contributed by atoms with van der Waals surface area (Å²) in [5.41, 5.74) is 1.74. The maximum atomic E-state index is 12.1. The molecule has 1 N–H and O–H groups in total. The molecule has 9 heteroatoms. The van der Waals surface area contributed by atoms with Crippen molar-refractivity contribution in [2.24, 2.45) is 0 Å². The van der Waals surface area contributed by atoms with Crippen LogP contribution in [0.5, 0.6) is 5.88 Å². The third-order valence-electron chi connectivity index (χ3n) is 3.66. The van der Waals surface area contributed by atoms with Crippen LogP contribution in [-0.4, -0.2) is 25.6 Å². The summed E-state index contributed by atoms with van der Waals surface area (Å²) in [4.78, 5) is 26.3. The molecule has 3 rings (SSSR count). The van der Waals surface area contributed by atoms with Gasteiger partial charge in [-0.3, -0.25) is 4.79 Å². The molecule has 1 aromatic carbocycles. The van der Waals surface area contributed by atoms with E-state index < -0.39 is 4.92 Å². The highest BCUT2D eigenvalue weighted by molar-refractivity contribution is 5.75. The van der Waals surface area contributed by atoms with Gasteiger partial charge in [0.2, 0.25) is 11.8 Å². The monoisotopic (exact) mass is 367 g/mol. The van der Waals surface area contributed by atoms with Crippen LogP contribution in [0.2, 0.25) is 0 Å². The predicted molar refractivity (Wildman–Crippen MR) is 95.7 cm³/mol. The molecule has 0 saturated heterocycles. The van der Waals surface area contributed by atoms with E-state index in [9.17, 15) is 14.9 Å². The lowest BCUT2D eigenvalue weighted by Gasteiger charge is -2.11. The van der Waals surface area contributed by atoms with E-state index in [0.29, 0.717) is 12.5 Å². The van der Waals surface area contributed by atoms with Crippen molar-refractivity contribution in [3.05, 3.63) is 82.2 Å². The topological polar surface area (TPSA) is 112 Å². The first-order valence-corrected chi connectivity index (χ1v) is 8.17. The zero-order chi connectivity index (χ0) is 19.1. The quantitative estimate of drug-likeness (QED) is 0.482. The number of carbonyl (C=O) groups excluding carboxylic acids is 1. The third-order valence-corrected chi connectivity index (χ3v) is 3.66. The summed E-state index contributed by atoms with van der Waals surface area (Å²) in [5.74, 6) is -0.186. The normalized spacial score (nSPS) is 10.4. The fourth-order valence-corrected chi connectivity index (χ4v) is 2.35. The van der Waals surface area contributed by atoms with Crippen LogP contribution in [0.25, 0.3) is 0 Å². The first-order chi connectivity index (χ1) is 13.1. The van der Waals surface area contributed by atoms with E-state index in [4.69, 9.17) is 4.74 Å². The first kappa shape index (κ1) is 18.1. The van der Waals surface area contributed by atoms with E-state index in [-0.39, 0.29) is 24.8 Å². The molecular weight excluding hydrogens is 350 g/mol. The number of hydrogen-bond donors (Lipinski definition) is 1. The molecule has 0 saturated carbocycles. The summed E-state index contributed by atoms with van der Waals surface area (Å²) < 4.78 is 6.96. The number of rotatable bonds is 8. The maximum absolute atomic E-state index is 12.1. The lowest BCUT2D eigenvalue weighted by atomic mass is 10.2. The van der Waals surface area contributed by atoms with Crippen LogP contribution in [0.3, 0.4) is 0 Å². The van der Waals surface area contributed by atoms with Crippen molar-refractivity contribution < 1.29 is 14.5 Å². The van der Waals surface area contributed by atoms with Gasteiger partial charge in [0.15, 0.2) is 0 Å². The fourth-order valence-electron chi connectivity index (χ4n) is 2.35. The van der Waals surface area contributed by atoms with Gasteiger partial charge in [0.05, 0.1) is 17.4 Å². The molecule has 1 amide bonds. The molecule has 27 heavy (non-hydrogen) atoms. The predicted octanol–water partition coefficient (Wildman–Crippen LogP) is 2.08. The van der Waals surface area contributed by atoms with Crippen molar-refractivity contribution in [1.29, 1.82) is 0 Å². The van der Waals surface area contributed by atoms with Gasteiger partial charge in [-0.15, -0.1) is 0 Å². The summed E-state index contributed by atoms with van der Waals surface area (Å²) in [5, 5.41) is 17.1. The molecule has 0 fully saturated rings. The van der Waals surface area contributed by atoms with Gasteiger partial charge >= 0.3 is 5.82 Å². The Balaban J connectivity index is 1.55. The Bertz CT molecular complexity index is 926. The molecule has 0 atom stereocenters. The van der Waals surface area contributed by atoms with Gasteiger partial charge in [0.25, 0.3) is 0 Å². The number of benzene rings is 1. The molecule has 2 aromatic heterocycles. The average molecular weight is 367 g/mol. The second-order valence-corrected chi connectivity index (χ2v) is 5.65. The Kier molecular flexibility index (Phi) is 5.73. The van der Waals surface area contributed by atoms with Gasteiger partial charge < -0.3 is 20.2 Å². The van der Waals surface area contributed by atoms with Gasteiger partial charge in [-0.05, 0) is 16.6 Å². The summed E-state index contributed by atoms with van der Waals surface area (Å²) in [6, 6.07) is 14.5. The molecule has 0 bridgehead atoms. The van der Waals surface area contributed by atoms with Crippen LogP contribution in [0.15, 0.2) is 60.9 Å². The van der Waals surface area contributed by atoms with E-state index in [1.165, 1.54) is 16.9 Å². The highest BCUT2D eigenvalue weighted by Crippen LogP contribution is 2.16. The van der Waals surface area contributed by atoms with Crippen LogP contribution < -0.4 is 10.1 Å². The second-order valence-electron chi connectivity index (χ2n) is 5.65. The van der Waals surface area contributed by atoms with Crippen LogP contribution in [0.4, 0.5) is 5.82 Å². The van der Waals surface area contributed by atoms with Crippen molar-refractivity contribution in [1.82, 2.24) is 20.1 Å². The highest BCUT2D eigenvalue weighted by Gasteiger charge is 2.14. The van der Waals surface area contributed by atoms with Crippen LogP contribution in [0.1, 0.15) is 11.1 Å². The minimum atomic E-state index is -0.611. The number of ether oxygens (including phenoxy) is 1. The largest absolute Gasteiger partial charge is 0.473 e. The molecule has 2 heterocycles. The molecule has 0 radical (unpaired) electrons. The zero-order valence-electron chi connectivity index (χ0n) is 14.3. The standard InChI is InChI=1S/C18H17N5O4/c24-17(12-22-10-8-16(21-22)23(25)26)20-11-15-7-4-9-19-18(15)27-13-14-5-2-1-3-6-14/h1-10H,11-13H2,(H,20,24). The SMILES string of the molecule is O=C(Cn1ccc([N+](=O)[O-])n1)NCc1cccnc1OCc1ccccc1. The van der Waals surface area contributed by atoms with E-state index in [1.54, 1.807) is 12.3 Å². The molecule has 0 aliphatic heterocycles. The highest BCUT2D eigenvalue weighted by atomic mass is 16.6.